The Balaban J connectivity index is 3.18. The van der Waals surface area contributed by atoms with Crippen LogP contribution in [-0.2, 0) is 14.6 Å². The van der Waals surface area contributed by atoms with E-state index in [0.717, 1.165) is 12.5 Å². The van der Waals surface area contributed by atoms with Gasteiger partial charge in [0, 0.05) is 12.5 Å². The van der Waals surface area contributed by atoms with E-state index in [4.69, 9.17) is 5.73 Å². The zero-order valence-electron chi connectivity index (χ0n) is 9.67. The SMILES string of the molecule is COC(=O)c1cnc(C(C)S(C)(=O)=O)nc1N. The molecule has 8 heteroatoms. The first kappa shape index (κ1) is 13.4. The Morgan fingerprint density at radius 1 is 1.53 bits per heavy atom. The lowest BCUT2D eigenvalue weighted by molar-refractivity contribution is 0.0601. The van der Waals surface area contributed by atoms with Gasteiger partial charge in [-0.15, -0.1) is 0 Å². The second-order valence-electron chi connectivity index (χ2n) is 3.49. The number of ether oxygens (including phenoxy) is 1. The average Bonchev–Trinajstić information content (AvgIpc) is 2.25. The van der Waals surface area contributed by atoms with E-state index in [1.807, 2.05) is 0 Å². The van der Waals surface area contributed by atoms with Crippen LogP contribution in [0, 0.1) is 0 Å². The molecule has 0 amide bonds. The summed E-state index contributed by atoms with van der Waals surface area (Å²) in [5.74, 6) is -0.712. The Labute approximate surface area is 98.9 Å². The summed E-state index contributed by atoms with van der Waals surface area (Å²) in [6.45, 7) is 1.45. The average molecular weight is 259 g/mol. The first-order valence-electron chi connectivity index (χ1n) is 4.67. The van der Waals surface area contributed by atoms with Crippen molar-refractivity contribution in [2.45, 2.75) is 12.2 Å². The molecule has 17 heavy (non-hydrogen) atoms. The van der Waals surface area contributed by atoms with Gasteiger partial charge in [0.1, 0.15) is 22.5 Å². The van der Waals surface area contributed by atoms with Gasteiger partial charge < -0.3 is 10.5 Å². The number of nitrogens with zero attached hydrogens (tertiary/aromatic N) is 2. The highest BCUT2D eigenvalue weighted by atomic mass is 32.2. The molecule has 0 aliphatic heterocycles. The van der Waals surface area contributed by atoms with Crippen molar-refractivity contribution < 1.29 is 17.9 Å². The first-order chi connectivity index (χ1) is 7.77. The highest BCUT2D eigenvalue weighted by molar-refractivity contribution is 7.90. The van der Waals surface area contributed by atoms with Gasteiger partial charge in [-0.25, -0.2) is 23.2 Å². The van der Waals surface area contributed by atoms with Crippen LogP contribution in [0.4, 0.5) is 5.82 Å². The standard InChI is InChI=1S/C9H13N3O4S/c1-5(17(3,14)15)8-11-4-6(7(10)12-8)9(13)16-2/h4-5H,1-3H3,(H2,10,11,12). The summed E-state index contributed by atoms with van der Waals surface area (Å²) < 4.78 is 27.1. The van der Waals surface area contributed by atoms with Crippen LogP contribution in [0.1, 0.15) is 28.4 Å². The molecule has 1 unspecified atom stereocenters. The van der Waals surface area contributed by atoms with Gasteiger partial charge in [0.2, 0.25) is 0 Å². The van der Waals surface area contributed by atoms with Crippen molar-refractivity contribution in [2.24, 2.45) is 0 Å². The summed E-state index contributed by atoms with van der Waals surface area (Å²) in [4.78, 5) is 18.8. The van der Waals surface area contributed by atoms with Crippen LogP contribution >= 0.6 is 0 Å². The molecule has 1 heterocycles. The number of sulfone groups is 1. The maximum Gasteiger partial charge on any atom is 0.343 e. The molecule has 0 saturated heterocycles. The van der Waals surface area contributed by atoms with Gasteiger partial charge in [-0.3, -0.25) is 0 Å². The van der Waals surface area contributed by atoms with E-state index in [1.54, 1.807) is 0 Å². The molecule has 0 aliphatic rings. The number of rotatable bonds is 3. The Kier molecular flexibility index (Phi) is 3.66. The zero-order valence-corrected chi connectivity index (χ0v) is 10.5. The second-order valence-corrected chi connectivity index (χ2v) is 5.86. The van der Waals surface area contributed by atoms with E-state index in [0.29, 0.717) is 0 Å². The number of esters is 1. The van der Waals surface area contributed by atoms with Crippen LogP contribution in [0.3, 0.4) is 0 Å². The maximum absolute atomic E-state index is 11.3. The fourth-order valence-electron chi connectivity index (χ4n) is 1.06. The highest BCUT2D eigenvalue weighted by Gasteiger charge is 2.22. The number of anilines is 1. The van der Waals surface area contributed by atoms with Crippen molar-refractivity contribution in [3.8, 4) is 0 Å². The summed E-state index contributed by atoms with van der Waals surface area (Å²) in [7, 11) is -2.10. The second kappa shape index (κ2) is 4.66. The molecule has 2 N–H and O–H groups in total. The lowest BCUT2D eigenvalue weighted by Crippen LogP contribution is -2.15. The van der Waals surface area contributed by atoms with Crippen molar-refractivity contribution in [1.29, 1.82) is 0 Å². The molecular formula is C9H13N3O4S. The molecule has 1 aromatic heterocycles. The number of aromatic nitrogens is 2. The zero-order chi connectivity index (χ0) is 13.2. The number of carbonyl (C=O) groups excluding carboxylic acids is 1. The van der Waals surface area contributed by atoms with Crippen LogP contribution < -0.4 is 5.73 Å². The summed E-state index contributed by atoms with van der Waals surface area (Å²) >= 11 is 0. The Morgan fingerprint density at radius 2 is 2.12 bits per heavy atom. The normalized spacial score (nSPS) is 13.1. The van der Waals surface area contributed by atoms with Crippen LogP contribution in [0.5, 0.6) is 0 Å². The summed E-state index contributed by atoms with van der Waals surface area (Å²) in [5.41, 5.74) is 5.54. The van der Waals surface area contributed by atoms with Gasteiger partial charge in [-0.05, 0) is 6.92 Å². The molecule has 1 atom stereocenters. The van der Waals surface area contributed by atoms with Gasteiger partial charge in [-0.2, -0.15) is 0 Å². The lowest BCUT2D eigenvalue weighted by Gasteiger charge is -2.09. The quantitative estimate of drug-likeness (QED) is 0.757. The topological polar surface area (TPSA) is 112 Å². The first-order valence-corrected chi connectivity index (χ1v) is 6.62. The van der Waals surface area contributed by atoms with E-state index in [2.05, 4.69) is 14.7 Å². The monoisotopic (exact) mass is 259 g/mol. The molecular weight excluding hydrogens is 246 g/mol. The number of nitrogens with two attached hydrogens (primary N) is 1. The number of nitrogen functional groups attached to an aromatic ring is 1. The van der Waals surface area contributed by atoms with E-state index in [-0.39, 0.29) is 17.2 Å². The lowest BCUT2D eigenvalue weighted by atomic mass is 10.3. The Bertz CT molecular complexity index is 541. The number of hydrogen-bond donors (Lipinski definition) is 1. The highest BCUT2D eigenvalue weighted by Crippen LogP contribution is 2.19. The van der Waals surface area contributed by atoms with Crippen molar-refractivity contribution in [3.63, 3.8) is 0 Å². The largest absolute Gasteiger partial charge is 0.465 e. The van der Waals surface area contributed by atoms with Crippen LogP contribution in [-0.4, -0.2) is 37.7 Å². The molecule has 0 saturated carbocycles. The molecule has 7 nitrogen and oxygen atoms in total. The minimum absolute atomic E-state index is 0.0111. The summed E-state index contributed by atoms with van der Waals surface area (Å²) in [6.07, 6.45) is 2.23. The molecule has 0 aliphatic carbocycles. The summed E-state index contributed by atoms with van der Waals surface area (Å²) in [5, 5.41) is -0.878. The molecule has 0 radical (unpaired) electrons. The predicted molar refractivity (Wildman–Crippen MR) is 61.0 cm³/mol. The Morgan fingerprint density at radius 3 is 2.53 bits per heavy atom. The number of carbonyl (C=O) groups is 1. The predicted octanol–water partition coefficient (Wildman–Crippen LogP) is -0.0490. The van der Waals surface area contributed by atoms with Crippen molar-refractivity contribution in [1.82, 2.24) is 9.97 Å². The minimum atomic E-state index is -3.31. The van der Waals surface area contributed by atoms with Crippen molar-refractivity contribution in [3.05, 3.63) is 17.6 Å². The smallest absolute Gasteiger partial charge is 0.343 e. The molecule has 0 spiro atoms. The molecule has 0 aromatic carbocycles. The van der Waals surface area contributed by atoms with E-state index in [9.17, 15) is 13.2 Å². The third-order valence-electron chi connectivity index (χ3n) is 2.25. The molecule has 0 bridgehead atoms. The minimum Gasteiger partial charge on any atom is -0.465 e. The van der Waals surface area contributed by atoms with E-state index >= 15 is 0 Å². The van der Waals surface area contributed by atoms with Gasteiger partial charge in [-0.1, -0.05) is 0 Å². The fraction of sp³-hybridized carbons (Fsp3) is 0.444. The van der Waals surface area contributed by atoms with Crippen molar-refractivity contribution in [2.75, 3.05) is 19.1 Å². The van der Waals surface area contributed by atoms with E-state index < -0.39 is 21.1 Å². The fourth-order valence-corrected chi connectivity index (χ4v) is 1.56. The van der Waals surface area contributed by atoms with Crippen molar-refractivity contribution >= 4 is 21.6 Å². The number of methoxy groups -OCH3 is 1. The molecule has 1 rings (SSSR count). The van der Waals surface area contributed by atoms with E-state index in [1.165, 1.54) is 14.0 Å². The van der Waals surface area contributed by atoms with Gasteiger partial charge >= 0.3 is 5.97 Å². The maximum atomic E-state index is 11.3. The Hall–Kier alpha value is -1.70. The third kappa shape index (κ3) is 2.90. The van der Waals surface area contributed by atoms with Crippen LogP contribution in [0.2, 0.25) is 0 Å². The van der Waals surface area contributed by atoms with Gasteiger partial charge in [0.15, 0.2) is 9.84 Å². The molecule has 94 valence electrons. The van der Waals surface area contributed by atoms with Gasteiger partial charge in [0.25, 0.3) is 0 Å². The van der Waals surface area contributed by atoms with Crippen LogP contribution in [0.25, 0.3) is 0 Å². The summed E-state index contributed by atoms with van der Waals surface area (Å²) in [6, 6.07) is 0. The molecule has 1 aromatic rings. The van der Waals surface area contributed by atoms with Crippen LogP contribution in [0.15, 0.2) is 6.20 Å². The number of hydrogen-bond acceptors (Lipinski definition) is 7. The third-order valence-corrected chi connectivity index (χ3v) is 3.74. The molecule has 0 fully saturated rings. The van der Waals surface area contributed by atoms with Gasteiger partial charge in [0.05, 0.1) is 7.11 Å².